The van der Waals surface area contributed by atoms with Crippen molar-refractivity contribution < 1.29 is 33.3 Å². The molecule has 3 rings (SSSR count). The number of hydrazone groups is 1. The minimum atomic E-state index is -0.969. The van der Waals surface area contributed by atoms with Crippen LogP contribution in [0, 0.1) is 0 Å². The number of anilines is 1. The van der Waals surface area contributed by atoms with Crippen LogP contribution in [0.5, 0.6) is 23.0 Å². The highest BCUT2D eigenvalue weighted by molar-refractivity contribution is 6.39. The molecule has 0 saturated carbocycles. The Labute approximate surface area is 201 Å². The average molecular weight is 477 g/mol. The maximum Gasteiger partial charge on any atom is 0.343 e. The molecule has 0 fully saturated rings. The van der Waals surface area contributed by atoms with Crippen molar-refractivity contribution in [1.29, 1.82) is 0 Å². The minimum absolute atomic E-state index is 0.192. The summed E-state index contributed by atoms with van der Waals surface area (Å²) in [7, 11) is 4.38. The van der Waals surface area contributed by atoms with Crippen molar-refractivity contribution in [3.8, 4) is 23.0 Å². The highest BCUT2D eigenvalue weighted by atomic mass is 16.6. The first-order valence-electron chi connectivity index (χ1n) is 10.3. The molecular weight excluding hydrogens is 454 g/mol. The summed E-state index contributed by atoms with van der Waals surface area (Å²) in [6, 6.07) is 17.9. The Morgan fingerprint density at radius 1 is 0.771 bits per heavy atom. The molecule has 0 atom stereocenters. The largest absolute Gasteiger partial charge is 0.497 e. The zero-order chi connectivity index (χ0) is 25.2. The molecule has 0 aromatic heterocycles. The van der Waals surface area contributed by atoms with Crippen LogP contribution in [-0.4, -0.2) is 45.3 Å². The number of nitrogens with one attached hydrogen (secondary N) is 2. The molecule has 2 N–H and O–H groups in total. The van der Waals surface area contributed by atoms with Crippen molar-refractivity contribution in [3.05, 3.63) is 77.9 Å². The quantitative estimate of drug-likeness (QED) is 0.168. The Kier molecular flexibility index (Phi) is 8.38. The third-order valence-electron chi connectivity index (χ3n) is 4.64. The lowest BCUT2D eigenvalue weighted by Crippen LogP contribution is -2.32. The van der Waals surface area contributed by atoms with Crippen LogP contribution < -0.4 is 29.7 Å². The normalized spacial score (nSPS) is 10.4. The Balaban J connectivity index is 1.62. The zero-order valence-corrected chi connectivity index (χ0v) is 19.2. The molecule has 0 heterocycles. The summed E-state index contributed by atoms with van der Waals surface area (Å²) in [6.07, 6.45) is 1.31. The lowest BCUT2D eigenvalue weighted by Gasteiger charge is -2.10. The standard InChI is InChI=1S/C25H23N3O7/c1-32-18-8-6-7-17(14-18)25(31)35-21-12-11-16(13-22(21)34-3)15-26-28-24(30)23(29)27-19-9-4-5-10-20(19)33-2/h4-15H,1-3H3,(H,27,29)(H,28,30)/b26-15+. The number of methoxy groups -OCH3 is 3. The second kappa shape index (κ2) is 11.8. The molecule has 0 aliphatic carbocycles. The number of para-hydroxylation sites is 2. The van der Waals surface area contributed by atoms with Gasteiger partial charge in [0.1, 0.15) is 11.5 Å². The maximum absolute atomic E-state index is 12.5. The summed E-state index contributed by atoms with van der Waals surface area (Å²) in [4.78, 5) is 36.6. The van der Waals surface area contributed by atoms with E-state index in [0.29, 0.717) is 28.3 Å². The van der Waals surface area contributed by atoms with Gasteiger partial charge in [0.15, 0.2) is 11.5 Å². The van der Waals surface area contributed by atoms with Gasteiger partial charge in [0, 0.05) is 0 Å². The fourth-order valence-corrected chi connectivity index (χ4v) is 2.90. The molecule has 0 radical (unpaired) electrons. The van der Waals surface area contributed by atoms with Crippen molar-refractivity contribution in [3.63, 3.8) is 0 Å². The first kappa shape index (κ1) is 24.8. The number of ether oxygens (including phenoxy) is 4. The summed E-state index contributed by atoms with van der Waals surface area (Å²) < 4.78 is 21.0. The van der Waals surface area contributed by atoms with Crippen LogP contribution in [0.3, 0.4) is 0 Å². The topological polar surface area (TPSA) is 125 Å². The van der Waals surface area contributed by atoms with Gasteiger partial charge in [-0.15, -0.1) is 0 Å². The number of hydrogen-bond acceptors (Lipinski definition) is 8. The molecule has 0 spiro atoms. The lowest BCUT2D eigenvalue weighted by atomic mass is 10.2. The summed E-state index contributed by atoms with van der Waals surface area (Å²) in [5.41, 5.74) is 3.33. The number of esters is 1. The van der Waals surface area contributed by atoms with Crippen molar-refractivity contribution in [1.82, 2.24) is 5.43 Å². The Bertz CT molecular complexity index is 1260. The highest BCUT2D eigenvalue weighted by Gasteiger charge is 2.16. The number of hydrogen-bond donors (Lipinski definition) is 2. The van der Waals surface area contributed by atoms with E-state index in [1.807, 2.05) is 0 Å². The average Bonchev–Trinajstić information content (AvgIpc) is 2.89. The maximum atomic E-state index is 12.5. The van der Waals surface area contributed by atoms with E-state index in [-0.39, 0.29) is 11.5 Å². The highest BCUT2D eigenvalue weighted by Crippen LogP contribution is 2.29. The van der Waals surface area contributed by atoms with Gasteiger partial charge < -0.3 is 24.3 Å². The predicted molar refractivity (Wildman–Crippen MR) is 128 cm³/mol. The third-order valence-corrected chi connectivity index (χ3v) is 4.64. The fourth-order valence-electron chi connectivity index (χ4n) is 2.90. The fraction of sp³-hybridized carbons (Fsp3) is 0.120. The second-order valence-corrected chi connectivity index (χ2v) is 6.89. The van der Waals surface area contributed by atoms with E-state index in [9.17, 15) is 14.4 Å². The van der Waals surface area contributed by atoms with Crippen LogP contribution in [0.25, 0.3) is 0 Å². The van der Waals surface area contributed by atoms with E-state index in [1.54, 1.807) is 60.7 Å². The van der Waals surface area contributed by atoms with Crippen molar-refractivity contribution in [2.75, 3.05) is 26.6 Å². The van der Waals surface area contributed by atoms with Gasteiger partial charge in [-0.05, 0) is 54.1 Å². The molecule has 0 unspecified atom stereocenters. The van der Waals surface area contributed by atoms with Crippen LogP contribution in [0.4, 0.5) is 5.69 Å². The first-order chi connectivity index (χ1) is 16.9. The molecule has 10 nitrogen and oxygen atoms in total. The van der Waals surface area contributed by atoms with Gasteiger partial charge in [-0.1, -0.05) is 18.2 Å². The summed E-state index contributed by atoms with van der Waals surface area (Å²) in [5.74, 6) is -1.07. The van der Waals surface area contributed by atoms with Crippen LogP contribution in [-0.2, 0) is 9.59 Å². The van der Waals surface area contributed by atoms with E-state index < -0.39 is 17.8 Å². The number of carbonyl (C=O) groups excluding carboxylic acids is 3. The Morgan fingerprint density at radius 3 is 2.29 bits per heavy atom. The van der Waals surface area contributed by atoms with Gasteiger partial charge in [-0.2, -0.15) is 5.10 Å². The number of nitrogens with zero attached hydrogens (tertiary/aromatic N) is 1. The SMILES string of the molecule is COc1cccc(C(=O)Oc2ccc(/C=N/NC(=O)C(=O)Nc3ccccc3OC)cc2OC)c1. The molecule has 0 aliphatic heterocycles. The number of carbonyl (C=O) groups is 3. The molecule has 10 heteroatoms. The van der Waals surface area contributed by atoms with Crippen LogP contribution >= 0.6 is 0 Å². The van der Waals surface area contributed by atoms with Crippen molar-refractivity contribution >= 4 is 29.7 Å². The lowest BCUT2D eigenvalue weighted by molar-refractivity contribution is -0.136. The van der Waals surface area contributed by atoms with E-state index in [0.717, 1.165) is 0 Å². The second-order valence-electron chi connectivity index (χ2n) is 6.89. The summed E-state index contributed by atoms with van der Waals surface area (Å²) in [5, 5.41) is 6.23. The molecule has 0 bridgehead atoms. The molecule has 2 amide bonds. The van der Waals surface area contributed by atoms with Gasteiger partial charge in [0.25, 0.3) is 0 Å². The van der Waals surface area contributed by atoms with E-state index in [1.165, 1.54) is 33.6 Å². The van der Waals surface area contributed by atoms with E-state index in [4.69, 9.17) is 18.9 Å². The molecule has 3 aromatic carbocycles. The van der Waals surface area contributed by atoms with Gasteiger partial charge in [-0.25, -0.2) is 10.2 Å². The summed E-state index contributed by atoms with van der Waals surface area (Å²) >= 11 is 0. The predicted octanol–water partition coefficient (Wildman–Crippen LogP) is 3.02. The van der Waals surface area contributed by atoms with Crippen LogP contribution in [0.2, 0.25) is 0 Å². The molecule has 0 aliphatic rings. The van der Waals surface area contributed by atoms with E-state index >= 15 is 0 Å². The minimum Gasteiger partial charge on any atom is -0.497 e. The number of amides is 2. The van der Waals surface area contributed by atoms with Crippen molar-refractivity contribution in [2.45, 2.75) is 0 Å². The van der Waals surface area contributed by atoms with Gasteiger partial charge >= 0.3 is 17.8 Å². The first-order valence-corrected chi connectivity index (χ1v) is 10.3. The molecular formula is C25H23N3O7. The van der Waals surface area contributed by atoms with E-state index in [2.05, 4.69) is 15.8 Å². The molecule has 3 aromatic rings. The zero-order valence-electron chi connectivity index (χ0n) is 19.2. The van der Waals surface area contributed by atoms with Gasteiger partial charge in [-0.3, -0.25) is 9.59 Å². The molecule has 35 heavy (non-hydrogen) atoms. The van der Waals surface area contributed by atoms with Crippen LogP contribution in [0.1, 0.15) is 15.9 Å². The molecule has 180 valence electrons. The van der Waals surface area contributed by atoms with Crippen molar-refractivity contribution in [2.24, 2.45) is 5.10 Å². The monoisotopic (exact) mass is 477 g/mol. The third kappa shape index (κ3) is 6.57. The number of benzene rings is 3. The Morgan fingerprint density at radius 2 is 1.54 bits per heavy atom. The Hall–Kier alpha value is -4.86. The number of rotatable bonds is 8. The smallest absolute Gasteiger partial charge is 0.343 e. The van der Waals surface area contributed by atoms with Gasteiger partial charge in [0.05, 0.1) is 38.8 Å². The summed E-state index contributed by atoms with van der Waals surface area (Å²) in [6.45, 7) is 0. The van der Waals surface area contributed by atoms with Crippen LogP contribution in [0.15, 0.2) is 71.8 Å². The molecule has 0 saturated heterocycles. The van der Waals surface area contributed by atoms with Gasteiger partial charge in [0.2, 0.25) is 0 Å².